The van der Waals surface area contributed by atoms with E-state index >= 15 is 0 Å². The van der Waals surface area contributed by atoms with Crippen LogP contribution in [0.25, 0.3) is 16.6 Å². The Morgan fingerprint density at radius 2 is 2.12 bits per heavy atom. The van der Waals surface area contributed by atoms with Crippen molar-refractivity contribution < 1.29 is 17.8 Å². The van der Waals surface area contributed by atoms with Gasteiger partial charge in [0, 0.05) is 35.7 Å². The molecule has 9 heteroatoms. The molecule has 0 spiro atoms. The van der Waals surface area contributed by atoms with Crippen LogP contribution in [0.1, 0.15) is 47.4 Å². The molecule has 33 heavy (non-hydrogen) atoms. The highest BCUT2D eigenvalue weighted by molar-refractivity contribution is 7.74. The van der Waals surface area contributed by atoms with E-state index in [-0.39, 0.29) is 31.1 Å². The zero-order valence-electron chi connectivity index (χ0n) is 18.5. The van der Waals surface area contributed by atoms with Gasteiger partial charge in [0.1, 0.15) is 12.5 Å². The number of carbonyl (C=O) groups is 1. The van der Waals surface area contributed by atoms with Gasteiger partial charge in [-0.2, -0.15) is 3.89 Å². The molecule has 174 valence electrons. The number of fused-ring (bicyclic) bond motifs is 4. The molecular formula is C24H26F2N4O2S. The second-order valence-corrected chi connectivity index (χ2v) is 8.29. The maximum atomic E-state index is 14.7. The molecule has 3 aliphatic rings. The van der Waals surface area contributed by atoms with Gasteiger partial charge in [0.15, 0.2) is 0 Å². The van der Waals surface area contributed by atoms with Crippen molar-refractivity contribution in [2.45, 2.75) is 39.3 Å². The number of pyridine rings is 1. The summed E-state index contributed by atoms with van der Waals surface area (Å²) < 4.78 is 30.0. The highest BCUT2D eigenvalue weighted by Crippen LogP contribution is 2.48. The first kappa shape index (κ1) is 23.4. The van der Waals surface area contributed by atoms with E-state index < -0.39 is 0 Å². The van der Waals surface area contributed by atoms with E-state index in [9.17, 15) is 13.1 Å². The molecule has 2 aliphatic heterocycles. The van der Waals surface area contributed by atoms with Crippen LogP contribution in [0.2, 0.25) is 0 Å². The molecule has 0 bridgehead atoms. The van der Waals surface area contributed by atoms with Gasteiger partial charge in [-0.25, -0.2) is 9.37 Å². The highest BCUT2D eigenvalue weighted by atomic mass is 32.1. The first-order chi connectivity index (χ1) is 15.9. The number of thiol groups is 1. The van der Waals surface area contributed by atoms with Crippen LogP contribution in [-0.4, -0.2) is 29.1 Å². The van der Waals surface area contributed by atoms with Crippen molar-refractivity contribution in [3.63, 3.8) is 0 Å². The Hall–Kier alpha value is -2.75. The molecule has 3 heterocycles. The summed E-state index contributed by atoms with van der Waals surface area (Å²) >= 11 is 2.03. The van der Waals surface area contributed by atoms with Crippen LogP contribution in [0.3, 0.4) is 0 Å². The zero-order valence-corrected chi connectivity index (χ0v) is 19.4. The number of halogens is 2. The standard InChI is InChI=1S/C24H25FN4O2.FHS/c1-12-4-6-19-24-16(10-29(19)14(12)3)23-20(31-11-27-21(30)9-26)7-5-15-13(2)17(25)8-18(28-24)22(15)23;1-2/h4,6,8,20H,3,5,7,9-11,26H2,1-2H3,(H,27,30);2H. The predicted molar refractivity (Wildman–Crippen MR) is 127 cm³/mol. The van der Waals surface area contributed by atoms with Gasteiger partial charge in [0.25, 0.3) is 0 Å². The lowest BCUT2D eigenvalue weighted by molar-refractivity contribution is -0.122. The Bertz CT molecular complexity index is 1230. The number of ether oxygens (including phenoxy) is 1. The molecule has 0 fully saturated rings. The number of nitrogens with one attached hydrogen (secondary N) is 1. The van der Waals surface area contributed by atoms with Gasteiger partial charge in [-0.1, -0.05) is 12.7 Å². The SMILES string of the molecule is C=C1C(C)=CC=C2c3nc4cc(F)c(C)c5c4c(c3CN12)C(OCNC(=O)CN)CC5.FS. The van der Waals surface area contributed by atoms with Crippen molar-refractivity contribution in [2.75, 3.05) is 13.3 Å². The predicted octanol–water partition coefficient (Wildman–Crippen LogP) is 4.15. The minimum atomic E-state index is -0.264. The van der Waals surface area contributed by atoms with Crippen LogP contribution in [0, 0.1) is 12.7 Å². The molecule has 3 N–H and O–H groups in total. The minimum Gasteiger partial charge on any atom is -0.353 e. The Morgan fingerprint density at radius 3 is 2.85 bits per heavy atom. The van der Waals surface area contributed by atoms with Crippen LogP contribution in [0.15, 0.2) is 36.1 Å². The molecular weight excluding hydrogens is 446 g/mol. The molecule has 0 saturated heterocycles. The summed E-state index contributed by atoms with van der Waals surface area (Å²) in [6, 6.07) is 1.53. The van der Waals surface area contributed by atoms with Crippen LogP contribution in [0.5, 0.6) is 0 Å². The lowest BCUT2D eigenvalue weighted by atomic mass is 9.83. The first-order valence-electron chi connectivity index (χ1n) is 10.7. The van der Waals surface area contributed by atoms with E-state index in [0.29, 0.717) is 30.5 Å². The van der Waals surface area contributed by atoms with Crippen molar-refractivity contribution in [3.05, 3.63) is 69.8 Å². The number of hydrogen-bond donors (Lipinski definition) is 3. The van der Waals surface area contributed by atoms with Crippen LogP contribution >= 0.6 is 13.0 Å². The monoisotopic (exact) mass is 472 g/mol. The second kappa shape index (κ2) is 9.24. The lowest BCUT2D eigenvalue weighted by Gasteiger charge is -2.29. The van der Waals surface area contributed by atoms with Gasteiger partial charge in [-0.15, -0.1) is 0 Å². The molecule has 1 unspecified atom stereocenters. The molecule has 1 aromatic heterocycles. The fourth-order valence-corrected chi connectivity index (χ4v) is 4.86. The number of nitrogens with zero attached hydrogens (tertiary/aromatic N) is 2. The average Bonchev–Trinajstić information content (AvgIpc) is 3.20. The second-order valence-electron chi connectivity index (χ2n) is 8.29. The Labute approximate surface area is 196 Å². The normalized spacial score (nSPS) is 18.2. The number of allylic oxidation sites excluding steroid dienone is 3. The van der Waals surface area contributed by atoms with Crippen LogP contribution in [0.4, 0.5) is 8.28 Å². The van der Waals surface area contributed by atoms with Crippen LogP contribution < -0.4 is 11.1 Å². The van der Waals surface area contributed by atoms with E-state index in [0.717, 1.165) is 44.7 Å². The van der Waals surface area contributed by atoms with E-state index in [1.165, 1.54) is 6.07 Å². The number of amides is 1. The summed E-state index contributed by atoms with van der Waals surface area (Å²) in [7, 11) is 0. The first-order valence-corrected chi connectivity index (χ1v) is 11.0. The van der Waals surface area contributed by atoms with E-state index in [2.05, 4.69) is 16.8 Å². The third-order valence-corrected chi connectivity index (χ3v) is 6.58. The quantitative estimate of drug-likeness (QED) is 0.460. The minimum absolute atomic E-state index is 0.0780. The number of aryl methyl sites for hydroxylation is 1. The molecule has 1 atom stereocenters. The number of aromatic nitrogens is 1. The summed E-state index contributed by atoms with van der Waals surface area (Å²) in [6.07, 6.45) is 5.27. The Balaban J connectivity index is 0.00000126. The highest BCUT2D eigenvalue weighted by Gasteiger charge is 2.37. The zero-order chi connectivity index (χ0) is 23.9. The third-order valence-electron chi connectivity index (χ3n) is 6.58. The van der Waals surface area contributed by atoms with Gasteiger partial charge >= 0.3 is 0 Å². The Kier molecular flexibility index (Phi) is 6.56. The van der Waals surface area contributed by atoms with Crippen molar-refractivity contribution >= 4 is 35.5 Å². The molecule has 0 radical (unpaired) electrons. The number of carbonyl (C=O) groups excluding carboxylic acids is 1. The topological polar surface area (TPSA) is 80.5 Å². The van der Waals surface area contributed by atoms with E-state index in [4.69, 9.17) is 15.5 Å². The maximum absolute atomic E-state index is 14.7. The molecule has 6 nitrogen and oxygen atoms in total. The number of hydrogen-bond acceptors (Lipinski definition) is 6. The van der Waals surface area contributed by atoms with Gasteiger partial charge in [-0.3, -0.25) is 4.79 Å². The largest absolute Gasteiger partial charge is 0.353 e. The number of nitrogens with two attached hydrogens (primary N) is 1. The average molecular weight is 473 g/mol. The summed E-state index contributed by atoms with van der Waals surface area (Å²) in [4.78, 5) is 18.6. The fraction of sp³-hybridized carbons (Fsp3) is 0.333. The molecule has 1 aliphatic carbocycles. The third kappa shape index (κ3) is 3.84. The summed E-state index contributed by atoms with van der Waals surface area (Å²) in [5, 5.41) is 3.66. The van der Waals surface area contributed by atoms with Gasteiger partial charge in [0.2, 0.25) is 5.91 Å². The summed E-state index contributed by atoms with van der Waals surface area (Å²) in [6.45, 7) is 8.75. The van der Waals surface area contributed by atoms with Crippen molar-refractivity contribution in [1.82, 2.24) is 15.2 Å². The van der Waals surface area contributed by atoms with E-state index in [1.807, 2.05) is 39.0 Å². The summed E-state index contributed by atoms with van der Waals surface area (Å²) in [5.74, 6) is -0.498. The van der Waals surface area contributed by atoms with Gasteiger partial charge < -0.3 is 20.7 Å². The Morgan fingerprint density at radius 1 is 1.36 bits per heavy atom. The smallest absolute Gasteiger partial charge is 0.235 e. The molecule has 0 saturated carbocycles. The molecule has 5 rings (SSSR count). The van der Waals surface area contributed by atoms with Crippen molar-refractivity contribution in [1.29, 1.82) is 0 Å². The summed E-state index contributed by atoms with van der Waals surface area (Å²) in [5.41, 5.74) is 13.7. The van der Waals surface area contributed by atoms with E-state index in [1.54, 1.807) is 0 Å². The van der Waals surface area contributed by atoms with Gasteiger partial charge in [-0.05, 0) is 55.0 Å². The lowest BCUT2D eigenvalue weighted by Crippen LogP contribution is -2.33. The fourth-order valence-electron chi connectivity index (χ4n) is 4.86. The van der Waals surface area contributed by atoms with Crippen molar-refractivity contribution in [2.24, 2.45) is 5.73 Å². The molecule has 2 aromatic rings. The maximum Gasteiger partial charge on any atom is 0.235 e. The van der Waals surface area contributed by atoms with Gasteiger partial charge in [0.05, 0.1) is 36.1 Å². The molecule has 1 aromatic carbocycles. The number of rotatable bonds is 4. The van der Waals surface area contributed by atoms with Crippen LogP contribution in [-0.2, 0) is 22.5 Å². The van der Waals surface area contributed by atoms with Crippen molar-refractivity contribution in [3.8, 4) is 0 Å². The molecule has 1 amide bonds. The number of benzene rings is 1.